The highest BCUT2D eigenvalue weighted by Gasteiger charge is 2.23. The van der Waals surface area contributed by atoms with Crippen LogP contribution < -0.4 is 10.6 Å². The fourth-order valence-electron chi connectivity index (χ4n) is 1.64. The van der Waals surface area contributed by atoms with Crippen LogP contribution in [-0.4, -0.2) is 12.1 Å². The van der Waals surface area contributed by atoms with Crippen LogP contribution >= 0.6 is 15.9 Å². The van der Waals surface area contributed by atoms with Crippen molar-refractivity contribution in [3.63, 3.8) is 0 Å². The van der Waals surface area contributed by atoms with Crippen LogP contribution in [0.5, 0.6) is 0 Å². The molecule has 1 aliphatic rings. The number of hydrogen-bond acceptors (Lipinski definition) is 1. The second kappa shape index (κ2) is 4.45. The number of benzene rings is 1. The van der Waals surface area contributed by atoms with Crippen LogP contribution in [0.1, 0.15) is 24.0 Å². The van der Waals surface area contributed by atoms with Crippen LogP contribution in [0.2, 0.25) is 0 Å². The summed E-state index contributed by atoms with van der Waals surface area (Å²) in [4.78, 5) is 11.6. The normalized spacial score (nSPS) is 14.7. The first-order valence-electron chi connectivity index (χ1n) is 5.40. The van der Waals surface area contributed by atoms with Crippen LogP contribution in [0, 0.1) is 13.8 Å². The molecule has 2 N–H and O–H groups in total. The van der Waals surface area contributed by atoms with E-state index in [-0.39, 0.29) is 6.03 Å². The standard InChI is InChI=1S/C12H15BrN2O/c1-7-5-8(2)11(10(13)6-7)15-12(16)14-9-3-4-9/h5-6,9H,3-4H2,1-2H3,(H2,14,15,16). The predicted molar refractivity (Wildman–Crippen MR) is 68.8 cm³/mol. The molecule has 2 rings (SSSR count). The van der Waals surface area contributed by atoms with Gasteiger partial charge in [0.1, 0.15) is 0 Å². The lowest BCUT2D eigenvalue weighted by molar-refractivity contribution is 0.251. The van der Waals surface area contributed by atoms with E-state index in [0.29, 0.717) is 6.04 Å². The number of amides is 2. The van der Waals surface area contributed by atoms with Gasteiger partial charge in [-0.2, -0.15) is 0 Å². The highest BCUT2D eigenvalue weighted by atomic mass is 79.9. The Hall–Kier alpha value is -1.03. The number of urea groups is 1. The quantitative estimate of drug-likeness (QED) is 0.858. The number of carbonyl (C=O) groups excluding carboxylic acids is 1. The van der Waals surface area contributed by atoms with Gasteiger partial charge < -0.3 is 10.6 Å². The van der Waals surface area contributed by atoms with Crippen molar-refractivity contribution in [3.05, 3.63) is 27.7 Å². The van der Waals surface area contributed by atoms with Gasteiger partial charge in [0.05, 0.1) is 5.69 Å². The van der Waals surface area contributed by atoms with E-state index in [0.717, 1.165) is 28.6 Å². The van der Waals surface area contributed by atoms with E-state index in [9.17, 15) is 4.79 Å². The molecule has 0 bridgehead atoms. The molecule has 1 aliphatic carbocycles. The van der Waals surface area contributed by atoms with Crippen molar-refractivity contribution in [1.29, 1.82) is 0 Å². The molecular weight excluding hydrogens is 268 g/mol. The fraction of sp³-hybridized carbons (Fsp3) is 0.417. The average molecular weight is 283 g/mol. The Morgan fingerprint density at radius 3 is 2.62 bits per heavy atom. The Morgan fingerprint density at radius 1 is 1.38 bits per heavy atom. The SMILES string of the molecule is Cc1cc(C)c(NC(=O)NC2CC2)c(Br)c1. The Balaban J connectivity index is 2.10. The Bertz CT molecular complexity index is 404. The maximum absolute atomic E-state index is 11.6. The van der Waals surface area contributed by atoms with Crippen molar-refractivity contribution < 1.29 is 4.79 Å². The first-order valence-corrected chi connectivity index (χ1v) is 6.20. The number of anilines is 1. The average Bonchev–Trinajstić information content (AvgIpc) is 2.95. The molecule has 0 radical (unpaired) electrons. The summed E-state index contributed by atoms with van der Waals surface area (Å²) < 4.78 is 0.927. The van der Waals surface area contributed by atoms with Gasteiger partial charge in [0.2, 0.25) is 0 Å². The number of carbonyl (C=O) groups is 1. The second-order valence-electron chi connectivity index (χ2n) is 4.31. The lowest BCUT2D eigenvalue weighted by Crippen LogP contribution is -2.30. The van der Waals surface area contributed by atoms with Crippen molar-refractivity contribution in [3.8, 4) is 0 Å². The zero-order valence-electron chi connectivity index (χ0n) is 9.43. The Morgan fingerprint density at radius 2 is 2.06 bits per heavy atom. The molecule has 1 fully saturated rings. The van der Waals surface area contributed by atoms with Crippen molar-refractivity contribution >= 4 is 27.6 Å². The van der Waals surface area contributed by atoms with Crippen molar-refractivity contribution in [1.82, 2.24) is 5.32 Å². The minimum Gasteiger partial charge on any atom is -0.335 e. The molecule has 3 nitrogen and oxygen atoms in total. The third-order valence-electron chi connectivity index (χ3n) is 2.58. The third-order valence-corrected chi connectivity index (χ3v) is 3.21. The van der Waals surface area contributed by atoms with Gasteiger partial charge in [-0.3, -0.25) is 0 Å². The summed E-state index contributed by atoms with van der Waals surface area (Å²) in [5, 5.41) is 5.78. The maximum Gasteiger partial charge on any atom is 0.319 e. The van der Waals surface area contributed by atoms with Gasteiger partial charge in [0, 0.05) is 10.5 Å². The van der Waals surface area contributed by atoms with Crippen molar-refractivity contribution in [2.24, 2.45) is 0 Å². The summed E-state index contributed by atoms with van der Waals surface area (Å²) in [7, 11) is 0. The Labute approximate surface area is 104 Å². The van der Waals surface area contributed by atoms with E-state index < -0.39 is 0 Å². The monoisotopic (exact) mass is 282 g/mol. The third kappa shape index (κ3) is 2.76. The molecule has 0 unspecified atom stereocenters. The van der Waals surface area contributed by atoms with Crippen molar-refractivity contribution in [2.75, 3.05) is 5.32 Å². The minimum atomic E-state index is -0.116. The lowest BCUT2D eigenvalue weighted by atomic mass is 10.1. The summed E-state index contributed by atoms with van der Waals surface area (Å²) >= 11 is 3.47. The molecule has 16 heavy (non-hydrogen) atoms. The summed E-state index contributed by atoms with van der Waals surface area (Å²) in [5.41, 5.74) is 3.10. The summed E-state index contributed by atoms with van der Waals surface area (Å²) in [5.74, 6) is 0. The van der Waals surface area contributed by atoms with Crippen LogP contribution in [0.4, 0.5) is 10.5 Å². The molecule has 0 saturated heterocycles. The molecule has 86 valence electrons. The molecule has 2 amide bonds. The van der Waals surface area contributed by atoms with E-state index in [2.05, 4.69) is 32.6 Å². The van der Waals surface area contributed by atoms with Crippen LogP contribution in [-0.2, 0) is 0 Å². The molecule has 0 aliphatic heterocycles. The first kappa shape index (κ1) is 11.5. The number of aryl methyl sites for hydroxylation is 2. The van der Waals surface area contributed by atoms with Crippen molar-refractivity contribution in [2.45, 2.75) is 32.7 Å². The number of hydrogen-bond donors (Lipinski definition) is 2. The summed E-state index contributed by atoms with van der Waals surface area (Å²) in [6.45, 7) is 4.02. The topological polar surface area (TPSA) is 41.1 Å². The van der Waals surface area contributed by atoms with Gasteiger partial charge in [-0.25, -0.2) is 4.79 Å². The minimum absolute atomic E-state index is 0.116. The summed E-state index contributed by atoms with van der Waals surface area (Å²) in [6, 6.07) is 4.32. The Kier molecular flexibility index (Phi) is 3.19. The zero-order chi connectivity index (χ0) is 11.7. The van der Waals surface area contributed by atoms with Crippen LogP contribution in [0.3, 0.4) is 0 Å². The smallest absolute Gasteiger partial charge is 0.319 e. The molecule has 4 heteroatoms. The van der Waals surface area contributed by atoms with Gasteiger partial charge >= 0.3 is 6.03 Å². The van der Waals surface area contributed by atoms with E-state index >= 15 is 0 Å². The molecule has 1 aromatic carbocycles. The number of halogens is 1. The first-order chi connectivity index (χ1) is 7.56. The van der Waals surface area contributed by atoms with E-state index in [1.807, 2.05) is 19.9 Å². The van der Waals surface area contributed by atoms with Gasteiger partial charge in [0.25, 0.3) is 0 Å². The molecule has 0 heterocycles. The molecular formula is C12H15BrN2O. The molecule has 0 aromatic heterocycles. The van der Waals surface area contributed by atoms with Gasteiger partial charge in [-0.15, -0.1) is 0 Å². The molecule has 0 atom stereocenters. The van der Waals surface area contributed by atoms with Crippen LogP contribution in [0.25, 0.3) is 0 Å². The van der Waals surface area contributed by atoms with E-state index in [1.165, 1.54) is 5.56 Å². The van der Waals surface area contributed by atoms with Gasteiger partial charge in [-0.05, 0) is 59.8 Å². The van der Waals surface area contributed by atoms with Gasteiger partial charge in [-0.1, -0.05) is 6.07 Å². The highest BCUT2D eigenvalue weighted by molar-refractivity contribution is 9.10. The predicted octanol–water partition coefficient (Wildman–Crippen LogP) is 3.35. The lowest BCUT2D eigenvalue weighted by Gasteiger charge is -2.12. The number of nitrogens with one attached hydrogen (secondary N) is 2. The van der Waals surface area contributed by atoms with Gasteiger partial charge in [0.15, 0.2) is 0 Å². The molecule has 0 spiro atoms. The second-order valence-corrected chi connectivity index (χ2v) is 5.17. The van der Waals surface area contributed by atoms with E-state index in [4.69, 9.17) is 0 Å². The van der Waals surface area contributed by atoms with Crippen LogP contribution in [0.15, 0.2) is 16.6 Å². The zero-order valence-corrected chi connectivity index (χ0v) is 11.0. The molecule has 1 saturated carbocycles. The summed E-state index contributed by atoms with van der Waals surface area (Å²) in [6.07, 6.45) is 2.20. The maximum atomic E-state index is 11.6. The fourth-order valence-corrected chi connectivity index (χ4v) is 2.41. The number of rotatable bonds is 2. The highest BCUT2D eigenvalue weighted by Crippen LogP contribution is 2.28. The van der Waals surface area contributed by atoms with E-state index in [1.54, 1.807) is 0 Å². The molecule has 1 aromatic rings. The largest absolute Gasteiger partial charge is 0.335 e.